The monoisotopic (exact) mass is 390 g/mol. The Morgan fingerprint density at radius 1 is 0.821 bits per heavy atom. The molecule has 0 aromatic heterocycles. The Bertz CT molecular complexity index is 592. The maximum absolute atomic E-state index is 12.5. The van der Waals surface area contributed by atoms with E-state index in [1.165, 1.54) is 50.7 Å². The lowest BCUT2D eigenvalue weighted by molar-refractivity contribution is 0.0147. The molecule has 0 bridgehead atoms. The van der Waals surface area contributed by atoms with Crippen LogP contribution in [0.3, 0.4) is 0 Å². The molecule has 0 amide bonds. The van der Waals surface area contributed by atoms with Crippen molar-refractivity contribution in [1.29, 1.82) is 0 Å². The van der Waals surface area contributed by atoms with E-state index in [-0.39, 0.29) is 23.1 Å². The molecule has 0 heterocycles. The van der Waals surface area contributed by atoms with Gasteiger partial charge in [0, 0.05) is 0 Å². The SMILES string of the molecule is CC(C)CCCCCCCCCC(OC(=O)c1ccccc1C(=O)O)C(C)C. The Hall–Kier alpha value is -1.84. The predicted octanol–water partition coefficient (Wildman–Crippen LogP) is 6.73. The second-order valence-corrected chi connectivity index (χ2v) is 8.48. The zero-order valence-corrected chi connectivity index (χ0v) is 18.1. The van der Waals surface area contributed by atoms with Crippen LogP contribution in [0.25, 0.3) is 0 Å². The largest absolute Gasteiger partial charge is 0.478 e. The number of benzene rings is 1. The molecule has 1 rings (SSSR count). The summed E-state index contributed by atoms with van der Waals surface area (Å²) in [5.74, 6) is -0.640. The van der Waals surface area contributed by atoms with Crippen molar-refractivity contribution in [2.45, 2.75) is 91.6 Å². The minimum Gasteiger partial charge on any atom is -0.478 e. The van der Waals surface area contributed by atoms with Crippen LogP contribution in [0.15, 0.2) is 24.3 Å². The zero-order valence-electron chi connectivity index (χ0n) is 18.1. The quantitative estimate of drug-likeness (QED) is 0.282. The van der Waals surface area contributed by atoms with Gasteiger partial charge in [0.15, 0.2) is 0 Å². The topological polar surface area (TPSA) is 63.6 Å². The minimum atomic E-state index is -1.11. The highest BCUT2D eigenvalue weighted by atomic mass is 16.5. The van der Waals surface area contributed by atoms with Gasteiger partial charge in [-0.1, -0.05) is 84.8 Å². The van der Waals surface area contributed by atoms with Crippen LogP contribution in [0.1, 0.15) is 106 Å². The number of rotatable bonds is 14. The Morgan fingerprint density at radius 3 is 1.82 bits per heavy atom. The lowest BCUT2D eigenvalue weighted by Crippen LogP contribution is -2.24. The van der Waals surface area contributed by atoms with Gasteiger partial charge in [0.2, 0.25) is 0 Å². The first-order valence-electron chi connectivity index (χ1n) is 10.9. The first-order chi connectivity index (χ1) is 13.3. The number of esters is 1. The van der Waals surface area contributed by atoms with Gasteiger partial charge < -0.3 is 9.84 Å². The third-order valence-corrected chi connectivity index (χ3v) is 5.15. The second-order valence-electron chi connectivity index (χ2n) is 8.48. The van der Waals surface area contributed by atoms with Crippen LogP contribution in [-0.4, -0.2) is 23.1 Å². The molecule has 0 saturated heterocycles. The molecule has 0 spiro atoms. The van der Waals surface area contributed by atoms with Crippen molar-refractivity contribution in [1.82, 2.24) is 0 Å². The number of ether oxygens (including phenoxy) is 1. The smallest absolute Gasteiger partial charge is 0.339 e. The van der Waals surface area contributed by atoms with Gasteiger partial charge in [0.1, 0.15) is 6.10 Å². The zero-order chi connectivity index (χ0) is 20.9. The van der Waals surface area contributed by atoms with E-state index in [1.807, 2.05) is 13.8 Å². The molecule has 0 aliphatic heterocycles. The van der Waals surface area contributed by atoms with Gasteiger partial charge in [-0.3, -0.25) is 0 Å². The van der Waals surface area contributed by atoms with E-state index in [1.54, 1.807) is 12.1 Å². The van der Waals surface area contributed by atoms with Crippen molar-refractivity contribution in [2.75, 3.05) is 0 Å². The van der Waals surface area contributed by atoms with Crippen LogP contribution in [0.4, 0.5) is 0 Å². The summed E-state index contributed by atoms with van der Waals surface area (Å²) in [5.41, 5.74) is 0.120. The van der Waals surface area contributed by atoms with Gasteiger partial charge in [-0.2, -0.15) is 0 Å². The molecule has 1 N–H and O–H groups in total. The molecule has 0 saturated carbocycles. The van der Waals surface area contributed by atoms with E-state index in [2.05, 4.69) is 13.8 Å². The number of hydrogen-bond acceptors (Lipinski definition) is 3. The van der Waals surface area contributed by atoms with Gasteiger partial charge in [-0.15, -0.1) is 0 Å². The normalized spacial score (nSPS) is 12.4. The fraction of sp³-hybridized carbons (Fsp3) is 0.667. The molecule has 4 heteroatoms. The summed E-state index contributed by atoms with van der Waals surface area (Å²) in [5, 5.41) is 9.25. The van der Waals surface area contributed by atoms with Crippen LogP contribution in [-0.2, 0) is 4.74 Å². The van der Waals surface area contributed by atoms with E-state index in [9.17, 15) is 14.7 Å². The molecule has 0 aliphatic rings. The fourth-order valence-electron chi connectivity index (χ4n) is 3.36. The Balaban J connectivity index is 2.36. The second kappa shape index (κ2) is 13.4. The number of carbonyl (C=O) groups is 2. The Kier molecular flexibility index (Phi) is 11.5. The number of hydrogen-bond donors (Lipinski definition) is 1. The highest BCUT2D eigenvalue weighted by Gasteiger charge is 2.22. The first kappa shape index (κ1) is 24.2. The van der Waals surface area contributed by atoms with Crippen molar-refractivity contribution in [3.05, 3.63) is 35.4 Å². The van der Waals surface area contributed by atoms with Gasteiger partial charge >= 0.3 is 11.9 Å². The van der Waals surface area contributed by atoms with Crippen LogP contribution in [0.5, 0.6) is 0 Å². The van der Waals surface area contributed by atoms with E-state index in [4.69, 9.17) is 4.74 Å². The lowest BCUT2D eigenvalue weighted by Gasteiger charge is -2.22. The third kappa shape index (κ3) is 9.38. The fourth-order valence-corrected chi connectivity index (χ4v) is 3.36. The molecule has 1 atom stereocenters. The number of aromatic carboxylic acids is 1. The van der Waals surface area contributed by atoms with Crippen LogP contribution >= 0.6 is 0 Å². The number of carboxylic acid groups (broad SMARTS) is 1. The Morgan fingerprint density at radius 2 is 1.32 bits per heavy atom. The summed E-state index contributed by atoms with van der Waals surface area (Å²) in [4.78, 5) is 23.8. The average molecular weight is 391 g/mol. The van der Waals surface area contributed by atoms with Crippen molar-refractivity contribution in [3.8, 4) is 0 Å². The molecular weight excluding hydrogens is 352 g/mol. The average Bonchev–Trinajstić information content (AvgIpc) is 2.65. The van der Waals surface area contributed by atoms with E-state index in [0.717, 1.165) is 25.2 Å². The van der Waals surface area contributed by atoms with Crippen LogP contribution < -0.4 is 0 Å². The minimum absolute atomic E-state index is 0.00697. The summed E-state index contributed by atoms with van der Waals surface area (Å²) in [6.07, 6.45) is 10.6. The maximum atomic E-state index is 12.5. The maximum Gasteiger partial charge on any atom is 0.339 e. The molecule has 0 aliphatic carbocycles. The molecule has 0 fully saturated rings. The molecule has 1 aromatic rings. The summed E-state index contributed by atoms with van der Waals surface area (Å²) in [7, 11) is 0. The molecule has 158 valence electrons. The standard InChI is InChI=1S/C24H38O4/c1-18(2)14-10-8-6-5-7-9-11-17-22(19(3)4)28-24(27)21-16-13-12-15-20(21)23(25)26/h12-13,15-16,18-19,22H,5-11,14,17H2,1-4H3,(H,25,26). The van der Waals surface area contributed by atoms with Crippen molar-refractivity contribution in [2.24, 2.45) is 11.8 Å². The van der Waals surface area contributed by atoms with Gasteiger partial charge in [-0.25, -0.2) is 9.59 Å². The molecule has 1 aromatic carbocycles. The van der Waals surface area contributed by atoms with E-state index < -0.39 is 11.9 Å². The van der Waals surface area contributed by atoms with Gasteiger partial charge in [0.05, 0.1) is 11.1 Å². The van der Waals surface area contributed by atoms with Crippen molar-refractivity contribution >= 4 is 11.9 Å². The van der Waals surface area contributed by atoms with E-state index >= 15 is 0 Å². The van der Waals surface area contributed by atoms with Crippen molar-refractivity contribution < 1.29 is 19.4 Å². The summed E-state index contributed by atoms with van der Waals surface area (Å²) >= 11 is 0. The summed E-state index contributed by atoms with van der Waals surface area (Å²) in [6.45, 7) is 8.63. The van der Waals surface area contributed by atoms with Crippen LogP contribution in [0.2, 0.25) is 0 Å². The summed E-state index contributed by atoms with van der Waals surface area (Å²) < 4.78 is 5.67. The third-order valence-electron chi connectivity index (χ3n) is 5.15. The molecule has 0 radical (unpaired) electrons. The molecule has 1 unspecified atom stereocenters. The highest BCUT2D eigenvalue weighted by Crippen LogP contribution is 2.20. The predicted molar refractivity (Wildman–Crippen MR) is 114 cm³/mol. The number of carboxylic acids is 1. The molecular formula is C24H38O4. The molecule has 4 nitrogen and oxygen atoms in total. The summed E-state index contributed by atoms with van der Waals surface area (Å²) in [6, 6.07) is 6.23. The van der Waals surface area contributed by atoms with Crippen LogP contribution in [0, 0.1) is 11.8 Å². The van der Waals surface area contributed by atoms with Crippen molar-refractivity contribution in [3.63, 3.8) is 0 Å². The molecule has 28 heavy (non-hydrogen) atoms. The number of carbonyl (C=O) groups excluding carboxylic acids is 1. The lowest BCUT2D eigenvalue weighted by atomic mass is 9.99. The van der Waals surface area contributed by atoms with E-state index in [0.29, 0.717) is 0 Å². The van der Waals surface area contributed by atoms with Gasteiger partial charge in [0.25, 0.3) is 0 Å². The van der Waals surface area contributed by atoms with Gasteiger partial charge in [-0.05, 0) is 36.8 Å². The Labute approximate surface area is 170 Å². The first-order valence-corrected chi connectivity index (χ1v) is 10.9. The number of unbranched alkanes of at least 4 members (excludes halogenated alkanes) is 6. The highest BCUT2D eigenvalue weighted by molar-refractivity contribution is 6.02.